The van der Waals surface area contributed by atoms with Gasteiger partial charge in [-0.25, -0.2) is 14.8 Å². The molecule has 0 fully saturated rings. The van der Waals surface area contributed by atoms with Crippen molar-refractivity contribution in [1.29, 1.82) is 0 Å². The second kappa shape index (κ2) is 6.55. The molecule has 9 heteroatoms. The van der Waals surface area contributed by atoms with Crippen LogP contribution in [0.5, 0.6) is 0 Å². The number of imidazole rings is 1. The molecule has 21 heavy (non-hydrogen) atoms. The Balaban J connectivity index is 2.14. The van der Waals surface area contributed by atoms with Crippen LogP contribution < -0.4 is 5.32 Å². The average molecular weight is 329 g/mol. The Kier molecular flexibility index (Phi) is 4.77. The number of aromatic amines is 1. The number of carboxylic acids is 1. The molecule has 3 N–H and O–H groups in total. The number of hydrogen-bond acceptors (Lipinski definition) is 4. The minimum atomic E-state index is -1.18. The second-order valence-corrected chi connectivity index (χ2v) is 4.90. The Morgan fingerprint density at radius 2 is 2.14 bits per heavy atom. The van der Waals surface area contributed by atoms with Crippen molar-refractivity contribution in [3.05, 3.63) is 46.2 Å². The first-order valence-corrected chi connectivity index (χ1v) is 6.56. The van der Waals surface area contributed by atoms with Gasteiger partial charge in [-0.1, -0.05) is 23.2 Å². The van der Waals surface area contributed by atoms with E-state index in [1.54, 1.807) is 0 Å². The van der Waals surface area contributed by atoms with Gasteiger partial charge in [-0.3, -0.25) is 4.79 Å². The van der Waals surface area contributed by atoms with Crippen molar-refractivity contribution in [2.75, 3.05) is 0 Å². The number of carbonyl (C=O) groups is 2. The number of carboxylic acid groups (broad SMARTS) is 1. The Labute approximate surface area is 129 Å². The van der Waals surface area contributed by atoms with E-state index in [2.05, 4.69) is 20.3 Å². The lowest BCUT2D eigenvalue weighted by atomic mass is 10.1. The highest BCUT2D eigenvalue weighted by Crippen LogP contribution is 2.17. The highest BCUT2D eigenvalue weighted by molar-refractivity contribution is 6.34. The molecule has 0 spiro atoms. The Morgan fingerprint density at radius 1 is 1.38 bits per heavy atom. The van der Waals surface area contributed by atoms with Crippen LogP contribution in [-0.4, -0.2) is 38.0 Å². The molecule has 2 aromatic rings. The molecule has 0 aliphatic rings. The van der Waals surface area contributed by atoms with Gasteiger partial charge >= 0.3 is 5.97 Å². The number of hydrogen-bond donors (Lipinski definition) is 3. The van der Waals surface area contributed by atoms with E-state index < -0.39 is 17.9 Å². The van der Waals surface area contributed by atoms with E-state index in [0.717, 1.165) is 0 Å². The van der Waals surface area contributed by atoms with Gasteiger partial charge in [0.05, 0.1) is 11.3 Å². The predicted octanol–water partition coefficient (Wildman–Crippen LogP) is 1.54. The number of H-pyrrole nitrogens is 1. The number of halogens is 2. The quantitative estimate of drug-likeness (QED) is 0.721. The number of carbonyl (C=O) groups excluding carboxylic acids is 1. The molecular weight excluding hydrogens is 319 g/mol. The van der Waals surface area contributed by atoms with E-state index in [-0.39, 0.29) is 22.3 Å². The van der Waals surface area contributed by atoms with Crippen LogP contribution in [0.2, 0.25) is 10.2 Å². The van der Waals surface area contributed by atoms with Gasteiger partial charge in [0.1, 0.15) is 16.9 Å². The van der Waals surface area contributed by atoms with Crippen LogP contribution in [-0.2, 0) is 11.2 Å². The Bertz CT molecular complexity index is 661. The largest absolute Gasteiger partial charge is 0.480 e. The summed E-state index contributed by atoms with van der Waals surface area (Å²) in [6.45, 7) is 0. The van der Waals surface area contributed by atoms with Crippen LogP contribution >= 0.6 is 23.2 Å². The molecule has 0 aliphatic heterocycles. The molecule has 110 valence electrons. The van der Waals surface area contributed by atoms with E-state index in [1.807, 2.05) is 0 Å². The van der Waals surface area contributed by atoms with Gasteiger partial charge in [-0.2, -0.15) is 0 Å². The van der Waals surface area contributed by atoms with Gasteiger partial charge in [0.15, 0.2) is 0 Å². The van der Waals surface area contributed by atoms with E-state index in [0.29, 0.717) is 5.69 Å². The molecule has 0 saturated carbocycles. The number of nitrogens with one attached hydrogen (secondary N) is 2. The van der Waals surface area contributed by atoms with Crippen molar-refractivity contribution in [2.24, 2.45) is 0 Å². The molecule has 2 rings (SSSR count). The summed E-state index contributed by atoms with van der Waals surface area (Å²) < 4.78 is 0. The lowest BCUT2D eigenvalue weighted by molar-refractivity contribution is -0.139. The SMILES string of the molecule is O=C(N[C@H](Cc1cnc[nH]1)C(=O)O)c1nc(Cl)ccc1Cl. The molecular formula is C12H10Cl2N4O3. The zero-order chi connectivity index (χ0) is 15.4. The lowest BCUT2D eigenvalue weighted by Crippen LogP contribution is -2.42. The van der Waals surface area contributed by atoms with Gasteiger partial charge in [-0.05, 0) is 12.1 Å². The first-order valence-electron chi connectivity index (χ1n) is 5.80. The fourth-order valence-electron chi connectivity index (χ4n) is 1.62. The number of rotatable bonds is 5. The number of aliphatic carboxylic acids is 1. The summed E-state index contributed by atoms with van der Waals surface area (Å²) >= 11 is 11.5. The maximum Gasteiger partial charge on any atom is 0.326 e. The normalized spacial score (nSPS) is 11.9. The zero-order valence-electron chi connectivity index (χ0n) is 10.5. The highest BCUT2D eigenvalue weighted by atomic mass is 35.5. The number of nitrogens with zero attached hydrogens (tertiary/aromatic N) is 2. The lowest BCUT2D eigenvalue weighted by Gasteiger charge is -2.13. The predicted molar refractivity (Wildman–Crippen MR) is 75.4 cm³/mol. The van der Waals surface area contributed by atoms with Crippen LogP contribution in [0.4, 0.5) is 0 Å². The van der Waals surface area contributed by atoms with Crippen LogP contribution in [0.1, 0.15) is 16.2 Å². The van der Waals surface area contributed by atoms with Gasteiger partial charge in [-0.15, -0.1) is 0 Å². The Morgan fingerprint density at radius 3 is 2.76 bits per heavy atom. The summed E-state index contributed by atoms with van der Waals surface area (Å²) in [6, 6.07) is 1.70. The van der Waals surface area contributed by atoms with Crippen molar-refractivity contribution in [1.82, 2.24) is 20.3 Å². The summed E-state index contributed by atoms with van der Waals surface area (Å²) in [5.41, 5.74) is 0.452. The van der Waals surface area contributed by atoms with E-state index in [1.165, 1.54) is 24.7 Å². The minimum absolute atomic E-state index is 0.0548. The molecule has 0 aromatic carbocycles. The first-order chi connectivity index (χ1) is 9.97. The van der Waals surface area contributed by atoms with Crippen molar-refractivity contribution in [2.45, 2.75) is 12.5 Å². The average Bonchev–Trinajstić information content (AvgIpc) is 2.93. The Hall–Kier alpha value is -2.12. The molecule has 1 amide bonds. The van der Waals surface area contributed by atoms with Gasteiger partial charge < -0.3 is 15.4 Å². The third-order valence-electron chi connectivity index (χ3n) is 2.61. The standard InChI is InChI=1S/C12H10Cl2N4O3/c13-7-1-2-9(14)18-10(7)11(19)17-8(12(20)21)3-6-4-15-5-16-6/h1-2,4-5,8H,3H2,(H,15,16)(H,17,19)(H,20,21)/t8-/m1/s1. The fraction of sp³-hybridized carbons (Fsp3) is 0.167. The molecule has 0 aliphatic carbocycles. The van der Waals surface area contributed by atoms with Crippen LogP contribution in [0.3, 0.4) is 0 Å². The zero-order valence-corrected chi connectivity index (χ0v) is 12.0. The van der Waals surface area contributed by atoms with Crippen LogP contribution in [0, 0.1) is 0 Å². The van der Waals surface area contributed by atoms with Crippen molar-refractivity contribution >= 4 is 35.1 Å². The summed E-state index contributed by atoms with van der Waals surface area (Å²) in [5.74, 6) is -1.90. The van der Waals surface area contributed by atoms with Crippen molar-refractivity contribution < 1.29 is 14.7 Å². The number of aromatic nitrogens is 3. The molecule has 0 saturated heterocycles. The summed E-state index contributed by atoms with van der Waals surface area (Å²) in [4.78, 5) is 33.6. The first kappa shape index (κ1) is 15.3. The van der Waals surface area contributed by atoms with Crippen LogP contribution in [0.25, 0.3) is 0 Å². The number of amides is 1. The molecule has 2 heterocycles. The van der Waals surface area contributed by atoms with Crippen molar-refractivity contribution in [3.63, 3.8) is 0 Å². The van der Waals surface area contributed by atoms with Gasteiger partial charge in [0.25, 0.3) is 5.91 Å². The topological polar surface area (TPSA) is 108 Å². The fourth-order valence-corrected chi connectivity index (χ4v) is 1.96. The highest BCUT2D eigenvalue weighted by Gasteiger charge is 2.23. The third-order valence-corrected chi connectivity index (χ3v) is 3.12. The maximum absolute atomic E-state index is 12.1. The minimum Gasteiger partial charge on any atom is -0.480 e. The summed E-state index contributed by atoms with van der Waals surface area (Å²) in [6.07, 6.45) is 2.96. The summed E-state index contributed by atoms with van der Waals surface area (Å²) in [7, 11) is 0. The second-order valence-electron chi connectivity index (χ2n) is 4.11. The van der Waals surface area contributed by atoms with E-state index in [9.17, 15) is 9.59 Å². The molecule has 7 nitrogen and oxygen atoms in total. The van der Waals surface area contributed by atoms with Crippen LogP contribution in [0.15, 0.2) is 24.7 Å². The third kappa shape index (κ3) is 3.93. The smallest absolute Gasteiger partial charge is 0.326 e. The van der Waals surface area contributed by atoms with E-state index in [4.69, 9.17) is 28.3 Å². The molecule has 0 radical (unpaired) electrons. The van der Waals surface area contributed by atoms with Crippen molar-refractivity contribution in [3.8, 4) is 0 Å². The maximum atomic E-state index is 12.1. The van der Waals surface area contributed by atoms with Gasteiger partial charge in [0, 0.05) is 18.3 Å². The molecule has 1 atom stereocenters. The monoisotopic (exact) mass is 328 g/mol. The molecule has 0 bridgehead atoms. The molecule has 0 unspecified atom stereocenters. The molecule has 2 aromatic heterocycles. The van der Waals surface area contributed by atoms with Gasteiger partial charge in [0.2, 0.25) is 0 Å². The number of pyridine rings is 1. The van der Waals surface area contributed by atoms with E-state index >= 15 is 0 Å². The summed E-state index contributed by atoms with van der Waals surface area (Å²) in [5, 5.41) is 11.7.